The molecule has 5 nitrogen and oxygen atoms in total. The maximum atomic E-state index is 13.3. The number of rotatable bonds is 7. The first-order valence-electron chi connectivity index (χ1n) is 10.0. The van der Waals surface area contributed by atoms with E-state index >= 15 is 0 Å². The van der Waals surface area contributed by atoms with Crippen molar-refractivity contribution in [1.82, 2.24) is 5.32 Å². The first-order valence-corrected chi connectivity index (χ1v) is 11.8. The molecule has 0 aliphatic heterocycles. The normalized spacial score (nSPS) is 14.1. The molecule has 2 aromatic rings. The van der Waals surface area contributed by atoms with Crippen LogP contribution in [0.4, 0.5) is 10.1 Å². The number of carbonyl (C=O) groups excluding carboxylic acids is 1. The molecule has 2 rings (SSSR count). The van der Waals surface area contributed by atoms with Crippen LogP contribution in [0, 0.1) is 5.82 Å². The Kier molecular flexibility index (Phi) is 7.29. The first-order chi connectivity index (χ1) is 13.8. The lowest BCUT2D eigenvalue weighted by molar-refractivity contribution is -0.122. The zero-order chi connectivity index (χ0) is 22.7. The lowest BCUT2D eigenvalue weighted by Crippen LogP contribution is -2.49. The Morgan fingerprint density at radius 2 is 1.60 bits per heavy atom. The minimum Gasteiger partial charge on any atom is -0.348 e. The molecule has 0 radical (unpaired) electrons. The van der Waals surface area contributed by atoms with Crippen molar-refractivity contribution in [2.24, 2.45) is 0 Å². The molecule has 0 heterocycles. The van der Waals surface area contributed by atoms with E-state index in [1.807, 2.05) is 31.2 Å². The third kappa shape index (κ3) is 5.81. The van der Waals surface area contributed by atoms with Crippen LogP contribution in [0.1, 0.15) is 58.2 Å². The molecule has 1 N–H and O–H groups in total. The summed E-state index contributed by atoms with van der Waals surface area (Å²) in [5.41, 5.74) is 2.40. The van der Waals surface area contributed by atoms with Gasteiger partial charge in [0.25, 0.3) is 0 Å². The monoisotopic (exact) mass is 434 g/mol. The highest BCUT2D eigenvalue weighted by atomic mass is 32.2. The maximum Gasteiger partial charge on any atom is 0.244 e. The fourth-order valence-corrected chi connectivity index (χ4v) is 4.52. The average molecular weight is 435 g/mol. The molecule has 1 amide bonds. The predicted octanol–water partition coefficient (Wildman–Crippen LogP) is 4.55. The molecule has 0 bridgehead atoms. The van der Waals surface area contributed by atoms with Crippen LogP contribution in [0.5, 0.6) is 0 Å². The molecule has 2 aromatic carbocycles. The number of halogens is 1. The molecular formula is C23H31FN2O3S. The second-order valence-corrected chi connectivity index (χ2v) is 10.4. The predicted molar refractivity (Wildman–Crippen MR) is 120 cm³/mol. The van der Waals surface area contributed by atoms with E-state index in [4.69, 9.17) is 0 Å². The Morgan fingerprint density at radius 1 is 1.07 bits per heavy atom. The number of hydrogen-bond donors (Lipinski definition) is 1. The summed E-state index contributed by atoms with van der Waals surface area (Å²) < 4.78 is 39.3. The average Bonchev–Trinajstić information content (AvgIpc) is 2.65. The van der Waals surface area contributed by atoms with Gasteiger partial charge in [-0.25, -0.2) is 12.8 Å². The van der Waals surface area contributed by atoms with Gasteiger partial charge in [0.2, 0.25) is 15.9 Å². The van der Waals surface area contributed by atoms with Gasteiger partial charge in [-0.2, -0.15) is 0 Å². The van der Waals surface area contributed by atoms with Crippen molar-refractivity contribution in [1.29, 1.82) is 0 Å². The fourth-order valence-electron chi connectivity index (χ4n) is 3.31. The largest absolute Gasteiger partial charge is 0.348 e. The van der Waals surface area contributed by atoms with Crippen LogP contribution >= 0.6 is 0 Å². The Hall–Kier alpha value is -2.41. The van der Waals surface area contributed by atoms with Gasteiger partial charge in [0.05, 0.1) is 18.0 Å². The van der Waals surface area contributed by atoms with Crippen LogP contribution in [-0.2, 0) is 20.2 Å². The summed E-state index contributed by atoms with van der Waals surface area (Å²) in [5, 5.41) is 2.92. The van der Waals surface area contributed by atoms with Crippen LogP contribution in [-0.4, -0.2) is 26.6 Å². The van der Waals surface area contributed by atoms with Crippen molar-refractivity contribution in [3.05, 3.63) is 65.5 Å². The SMILES string of the molecule is CCC(C(=O)NC(C)c1ccc(C(C)(C)C)cc1)N(c1ccc(F)cc1)S(C)(=O)=O. The van der Waals surface area contributed by atoms with E-state index in [9.17, 15) is 17.6 Å². The number of nitrogens with zero attached hydrogens (tertiary/aromatic N) is 1. The molecule has 7 heteroatoms. The van der Waals surface area contributed by atoms with E-state index in [0.717, 1.165) is 16.1 Å². The van der Waals surface area contributed by atoms with E-state index in [0.29, 0.717) is 0 Å². The van der Waals surface area contributed by atoms with Gasteiger partial charge in [0, 0.05) is 0 Å². The van der Waals surface area contributed by atoms with Crippen molar-refractivity contribution < 1.29 is 17.6 Å². The number of nitrogens with one attached hydrogen (secondary N) is 1. The van der Waals surface area contributed by atoms with E-state index in [-0.39, 0.29) is 23.6 Å². The molecular weight excluding hydrogens is 403 g/mol. The quantitative estimate of drug-likeness (QED) is 0.695. The number of carbonyl (C=O) groups is 1. The molecule has 0 aromatic heterocycles. The van der Waals surface area contributed by atoms with Gasteiger partial charge >= 0.3 is 0 Å². The molecule has 0 aliphatic carbocycles. The molecule has 30 heavy (non-hydrogen) atoms. The van der Waals surface area contributed by atoms with E-state index in [1.54, 1.807) is 6.92 Å². The van der Waals surface area contributed by atoms with Gasteiger partial charge < -0.3 is 5.32 Å². The fraction of sp³-hybridized carbons (Fsp3) is 0.435. The minimum absolute atomic E-state index is 0.0312. The van der Waals surface area contributed by atoms with Crippen molar-refractivity contribution in [2.75, 3.05) is 10.6 Å². The van der Waals surface area contributed by atoms with Crippen LogP contribution in [0.3, 0.4) is 0 Å². The minimum atomic E-state index is -3.76. The van der Waals surface area contributed by atoms with Crippen LogP contribution in [0.2, 0.25) is 0 Å². The van der Waals surface area contributed by atoms with Gasteiger partial charge in [-0.1, -0.05) is 52.0 Å². The zero-order valence-corrected chi connectivity index (χ0v) is 19.3. The second-order valence-electron chi connectivity index (χ2n) is 8.56. The van der Waals surface area contributed by atoms with Gasteiger partial charge in [0.1, 0.15) is 11.9 Å². The first kappa shape index (κ1) is 23.9. The third-order valence-electron chi connectivity index (χ3n) is 5.05. The Balaban J connectivity index is 2.26. The molecule has 2 atom stereocenters. The van der Waals surface area contributed by atoms with Gasteiger partial charge in [-0.05, 0) is 54.2 Å². The number of amides is 1. The summed E-state index contributed by atoms with van der Waals surface area (Å²) in [5.74, 6) is -0.878. The number of benzene rings is 2. The van der Waals surface area contributed by atoms with Crippen molar-refractivity contribution in [3.8, 4) is 0 Å². The summed E-state index contributed by atoms with van der Waals surface area (Å²) in [6.45, 7) is 10.0. The number of sulfonamides is 1. The van der Waals surface area contributed by atoms with Crippen LogP contribution in [0.15, 0.2) is 48.5 Å². The highest BCUT2D eigenvalue weighted by Gasteiger charge is 2.32. The van der Waals surface area contributed by atoms with Gasteiger partial charge in [-0.15, -0.1) is 0 Å². The molecule has 2 unspecified atom stereocenters. The Labute approximate surface area is 179 Å². The topological polar surface area (TPSA) is 66.5 Å². The Bertz CT molecular complexity index is 965. The van der Waals surface area contributed by atoms with E-state index in [2.05, 4.69) is 26.1 Å². The number of hydrogen-bond acceptors (Lipinski definition) is 3. The standard InChI is InChI=1S/C23H31FN2O3S/c1-7-21(26(30(6,28)29)20-14-12-19(24)13-15-20)22(27)25-16(2)17-8-10-18(11-9-17)23(3,4)5/h8-16,21H,7H2,1-6H3,(H,25,27). The van der Waals surface area contributed by atoms with Gasteiger partial charge in [0.15, 0.2) is 0 Å². The van der Waals surface area contributed by atoms with E-state index in [1.165, 1.54) is 29.8 Å². The van der Waals surface area contributed by atoms with Crippen molar-refractivity contribution >= 4 is 21.6 Å². The molecule has 0 saturated heterocycles. The third-order valence-corrected chi connectivity index (χ3v) is 6.23. The summed E-state index contributed by atoms with van der Waals surface area (Å²) in [4.78, 5) is 13.0. The molecule has 0 aliphatic rings. The maximum absolute atomic E-state index is 13.3. The number of anilines is 1. The highest BCUT2D eigenvalue weighted by molar-refractivity contribution is 7.92. The molecule has 0 spiro atoms. The lowest BCUT2D eigenvalue weighted by Gasteiger charge is -2.31. The Morgan fingerprint density at radius 3 is 2.03 bits per heavy atom. The summed E-state index contributed by atoms with van der Waals surface area (Å²) in [7, 11) is -3.76. The second kappa shape index (κ2) is 9.16. The zero-order valence-electron chi connectivity index (χ0n) is 18.4. The van der Waals surface area contributed by atoms with Crippen LogP contribution < -0.4 is 9.62 Å². The smallest absolute Gasteiger partial charge is 0.244 e. The van der Waals surface area contributed by atoms with Gasteiger partial charge in [-0.3, -0.25) is 9.10 Å². The summed E-state index contributed by atoms with van der Waals surface area (Å²) >= 11 is 0. The van der Waals surface area contributed by atoms with E-state index < -0.39 is 27.8 Å². The summed E-state index contributed by atoms with van der Waals surface area (Å²) in [6.07, 6.45) is 1.31. The van der Waals surface area contributed by atoms with Crippen LogP contribution in [0.25, 0.3) is 0 Å². The molecule has 0 fully saturated rings. The molecule has 0 saturated carbocycles. The highest BCUT2D eigenvalue weighted by Crippen LogP contribution is 2.25. The lowest BCUT2D eigenvalue weighted by atomic mass is 9.86. The molecule has 164 valence electrons. The van der Waals surface area contributed by atoms with Crippen molar-refractivity contribution in [3.63, 3.8) is 0 Å². The van der Waals surface area contributed by atoms with Crippen molar-refractivity contribution in [2.45, 2.75) is 58.5 Å². The summed E-state index contributed by atoms with van der Waals surface area (Å²) in [6, 6.07) is 11.9.